The van der Waals surface area contributed by atoms with Crippen LogP contribution < -0.4 is 0 Å². The van der Waals surface area contributed by atoms with E-state index in [1.165, 1.54) is 76.2 Å². The molecule has 2 aliphatic rings. The molecule has 2 aliphatic carbocycles. The van der Waals surface area contributed by atoms with Gasteiger partial charge in [-0.2, -0.15) is 0 Å². The summed E-state index contributed by atoms with van der Waals surface area (Å²) >= 11 is 0. The van der Waals surface area contributed by atoms with Crippen molar-refractivity contribution >= 4 is 0 Å². The predicted octanol–water partition coefficient (Wildman–Crippen LogP) is 7.30. The van der Waals surface area contributed by atoms with Crippen LogP contribution in [0.5, 0.6) is 0 Å². The van der Waals surface area contributed by atoms with Crippen LogP contribution in [0.25, 0.3) is 0 Å². The fourth-order valence-electron chi connectivity index (χ4n) is 5.29. The summed E-state index contributed by atoms with van der Waals surface area (Å²) in [5.74, 6) is 3.02. The summed E-state index contributed by atoms with van der Waals surface area (Å²) in [6.45, 7) is 6.17. The summed E-state index contributed by atoms with van der Waals surface area (Å²) < 4.78 is 0. The Morgan fingerprint density at radius 3 is 2.60 bits per heavy atom. The van der Waals surface area contributed by atoms with Gasteiger partial charge in [-0.1, -0.05) is 69.7 Å². The van der Waals surface area contributed by atoms with Gasteiger partial charge in [-0.25, -0.2) is 0 Å². The number of hydrogen-bond donors (Lipinski definition) is 0. The zero-order valence-electron chi connectivity index (χ0n) is 16.4. The summed E-state index contributed by atoms with van der Waals surface area (Å²) in [5.41, 5.74) is 4.81. The standard InChI is InChI=1S/C25H38/c1-3-5-7-9-20-10-13-22(14-11-20)24-17-16-23-18-21(8-6-4-2)12-15-25(23)19-24/h4,12,15,18,20,22,24H,2-3,5-11,13-14,16-17,19H2,1H3. The molecule has 1 aromatic rings. The van der Waals surface area contributed by atoms with E-state index in [1.807, 2.05) is 6.08 Å². The second-order valence-electron chi connectivity index (χ2n) is 8.71. The molecule has 3 rings (SSSR count). The van der Waals surface area contributed by atoms with Gasteiger partial charge in [0.05, 0.1) is 0 Å². The van der Waals surface area contributed by atoms with Gasteiger partial charge in [0.15, 0.2) is 0 Å². The molecular formula is C25H38. The van der Waals surface area contributed by atoms with Gasteiger partial charge in [0.1, 0.15) is 0 Å². The fraction of sp³-hybridized carbons (Fsp3) is 0.680. The molecule has 0 radical (unpaired) electrons. The van der Waals surface area contributed by atoms with Crippen molar-refractivity contribution in [3.63, 3.8) is 0 Å². The van der Waals surface area contributed by atoms with E-state index in [0.717, 1.165) is 30.6 Å². The van der Waals surface area contributed by atoms with Crippen LogP contribution in [-0.4, -0.2) is 0 Å². The highest BCUT2D eigenvalue weighted by atomic mass is 14.3. The third-order valence-electron chi connectivity index (χ3n) is 6.95. The molecule has 1 atom stereocenters. The Kier molecular flexibility index (Phi) is 7.20. The van der Waals surface area contributed by atoms with E-state index in [2.05, 4.69) is 31.7 Å². The van der Waals surface area contributed by atoms with Gasteiger partial charge in [0.25, 0.3) is 0 Å². The molecule has 0 nitrogen and oxygen atoms in total. The smallest absolute Gasteiger partial charge is 0.0244 e. The van der Waals surface area contributed by atoms with Gasteiger partial charge in [-0.05, 0) is 79.4 Å². The quantitative estimate of drug-likeness (QED) is 0.344. The molecular weight excluding hydrogens is 300 g/mol. The maximum absolute atomic E-state index is 3.85. The average molecular weight is 339 g/mol. The molecule has 1 unspecified atom stereocenters. The van der Waals surface area contributed by atoms with Crippen LogP contribution in [0, 0.1) is 17.8 Å². The number of rotatable bonds is 8. The van der Waals surface area contributed by atoms with Crippen molar-refractivity contribution in [1.29, 1.82) is 0 Å². The van der Waals surface area contributed by atoms with Crippen LogP contribution in [0.2, 0.25) is 0 Å². The highest BCUT2D eigenvalue weighted by Gasteiger charge is 2.29. The van der Waals surface area contributed by atoms with Gasteiger partial charge >= 0.3 is 0 Å². The van der Waals surface area contributed by atoms with Gasteiger partial charge in [-0.15, -0.1) is 6.58 Å². The van der Waals surface area contributed by atoms with Crippen LogP contribution in [-0.2, 0) is 19.3 Å². The molecule has 0 saturated heterocycles. The minimum Gasteiger partial charge on any atom is -0.103 e. The Balaban J connectivity index is 1.49. The first-order chi connectivity index (χ1) is 12.3. The van der Waals surface area contributed by atoms with Gasteiger partial charge in [0, 0.05) is 0 Å². The molecule has 25 heavy (non-hydrogen) atoms. The average Bonchev–Trinajstić information content (AvgIpc) is 2.66. The van der Waals surface area contributed by atoms with Crippen molar-refractivity contribution in [2.45, 2.75) is 90.4 Å². The number of allylic oxidation sites excluding steroid dienone is 1. The first-order valence-electron chi connectivity index (χ1n) is 11.0. The zero-order chi connectivity index (χ0) is 17.5. The lowest BCUT2D eigenvalue weighted by atomic mass is 9.69. The van der Waals surface area contributed by atoms with Crippen LogP contribution in [0.1, 0.15) is 87.8 Å². The van der Waals surface area contributed by atoms with Crippen molar-refractivity contribution in [3.8, 4) is 0 Å². The highest BCUT2D eigenvalue weighted by molar-refractivity contribution is 5.34. The van der Waals surface area contributed by atoms with E-state index in [9.17, 15) is 0 Å². The Hall–Kier alpha value is -1.04. The first kappa shape index (κ1) is 18.7. The monoisotopic (exact) mass is 338 g/mol. The van der Waals surface area contributed by atoms with Gasteiger partial charge in [-0.3, -0.25) is 0 Å². The Morgan fingerprint density at radius 2 is 1.84 bits per heavy atom. The summed E-state index contributed by atoms with van der Waals surface area (Å²) in [7, 11) is 0. The van der Waals surface area contributed by atoms with Crippen LogP contribution in [0.3, 0.4) is 0 Å². The van der Waals surface area contributed by atoms with Crippen LogP contribution in [0.4, 0.5) is 0 Å². The summed E-state index contributed by atoms with van der Waals surface area (Å²) in [4.78, 5) is 0. The maximum Gasteiger partial charge on any atom is -0.0244 e. The molecule has 0 spiro atoms. The van der Waals surface area contributed by atoms with E-state index in [1.54, 1.807) is 11.1 Å². The first-order valence-corrected chi connectivity index (χ1v) is 11.0. The molecule has 0 heterocycles. The third kappa shape index (κ3) is 5.22. The van der Waals surface area contributed by atoms with Crippen molar-refractivity contribution in [2.75, 3.05) is 0 Å². The Labute approximate surface area is 156 Å². The SMILES string of the molecule is C=CCCc1ccc2c(c1)CCC(C1CCC(CCCCC)CC1)C2. The molecule has 0 aromatic heterocycles. The molecule has 0 bridgehead atoms. The van der Waals surface area contributed by atoms with Gasteiger partial charge in [0.2, 0.25) is 0 Å². The van der Waals surface area contributed by atoms with E-state index < -0.39 is 0 Å². The lowest BCUT2D eigenvalue weighted by Gasteiger charge is -2.36. The van der Waals surface area contributed by atoms with Crippen molar-refractivity contribution in [3.05, 3.63) is 47.5 Å². The maximum atomic E-state index is 3.85. The predicted molar refractivity (Wildman–Crippen MR) is 110 cm³/mol. The molecule has 1 aromatic carbocycles. The zero-order valence-corrected chi connectivity index (χ0v) is 16.4. The Bertz CT molecular complexity index is 533. The number of fused-ring (bicyclic) bond motifs is 1. The molecule has 0 heteroatoms. The molecule has 1 fully saturated rings. The van der Waals surface area contributed by atoms with Crippen molar-refractivity contribution in [2.24, 2.45) is 17.8 Å². The second kappa shape index (κ2) is 9.60. The largest absolute Gasteiger partial charge is 0.103 e. The third-order valence-corrected chi connectivity index (χ3v) is 6.95. The van der Waals surface area contributed by atoms with Gasteiger partial charge < -0.3 is 0 Å². The van der Waals surface area contributed by atoms with E-state index >= 15 is 0 Å². The number of unbranched alkanes of at least 4 members (excludes halogenated alkanes) is 2. The van der Waals surface area contributed by atoms with Crippen LogP contribution >= 0.6 is 0 Å². The Morgan fingerprint density at radius 1 is 1.00 bits per heavy atom. The highest BCUT2D eigenvalue weighted by Crippen LogP contribution is 2.40. The van der Waals surface area contributed by atoms with Crippen LogP contribution in [0.15, 0.2) is 30.9 Å². The molecule has 0 N–H and O–H groups in total. The van der Waals surface area contributed by atoms with Crippen molar-refractivity contribution in [1.82, 2.24) is 0 Å². The van der Waals surface area contributed by atoms with E-state index in [0.29, 0.717) is 0 Å². The molecule has 1 saturated carbocycles. The minimum absolute atomic E-state index is 0.961. The number of hydrogen-bond acceptors (Lipinski definition) is 0. The topological polar surface area (TPSA) is 0 Å². The van der Waals surface area contributed by atoms with E-state index in [4.69, 9.17) is 0 Å². The minimum atomic E-state index is 0.961. The second-order valence-corrected chi connectivity index (χ2v) is 8.71. The van der Waals surface area contributed by atoms with E-state index in [-0.39, 0.29) is 0 Å². The fourth-order valence-corrected chi connectivity index (χ4v) is 5.29. The lowest BCUT2D eigenvalue weighted by Crippen LogP contribution is -2.26. The summed E-state index contributed by atoms with van der Waals surface area (Å²) in [5, 5.41) is 0. The summed E-state index contributed by atoms with van der Waals surface area (Å²) in [6, 6.07) is 7.30. The molecule has 0 amide bonds. The number of benzene rings is 1. The number of aryl methyl sites for hydroxylation is 2. The molecule has 138 valence electrons. The summed E-state index contributed by atoms with van der Waals surface area (Å²) in [6.07, 6.45) is 20.2. The van der Waals surface area contributed by atoms with Crippen molar-refractivity contribution < 1.29 is 0 Å². The normalized spacial score (nSPS) is 26.2. The molecule has 0 aliphatic heterocycles. The lowest BCUT2D eigenvalue weighted by molar-refractivity contribution is 0.183.